The minimum absolute atomic E-state index is 0.00717. The van der Waals surface area contributed by atoms with Crippen LogP contribution in [0.3, 0.4) is 0 Å². The van der Waals surface area contributed by atoms with Gasteiger partial charge in [-0.3, -0.25) is 4.79 Å². The van der Waals surface area contributed by atoms with Crippen molar-refractivity contribution in [2.75, 3.05) is 16.8 Å². The van der Waals surface area contributed by atoms with Gasteiger partial charge in [0.15, 0.2) is 0 Å². The van der Waals surface area contributed by atoms with Crippen LogP contribution >= 0.6 is 23.2 Å². The lowest BCUT2D eigenvalue weighted by Gasteiger charge is -2.29. The molecule has 2 aromatic carbocycles. The van der Waals surface area contributed by atoms with Gasteiger partial charge in [0.2, 0.25) is 0 Å². The van der Waals surface area contributed by atoms with Crippen LogP contribution in [0.1, 0.15) is 12.0 Å². The van der Waals surface area contributed by atoms with Gasteiger partial charge in [-0.1, -0.05) is 47.5 Å². The Hall–Kier alpha value is -2.48. The van der Waals surface area contributed by atoms with E-state index in [1.807, 2.05) is 30.3 Å². The maximum absolute atomic E-state index is 12.8. The molecule has 25 heavy (non-hydrogen) atoms. The molecule has 0 unspecified atom stereocenters. The largest absolute Gasteiger partial charge is 0.359 e. The Morgan fingerprint density at radius 3 is 2.80 bits per heavy atom. The normalized spacial score (nSPS) is 13.8. The number of carbonyl (C=O) groups excluding carboxylic acids is 1. The molecule has 1 aliphatic rings. The standard InChI is InChI=1S/C19H15Cl2N3O/c20-15-7-3-8-16(18(15)21)23-12-14(11-22)19(25)24-10-4-6-13-5-1-2-9-17(13)24/h1-3,5,7-9,12,23H,4,6,10H2/b14-12-. The second-order valence-corrected chi connectivity index (χ2v) is 6.39. The van der Waals surface area contributed by atoms with E-state index in [1.165, 1.54) is 6.20 Å². The molecule has 3 rings (SSSR count). The number of rotatable bonds is 3. The van der Waals surface area contributed by atoms with Crippen LogP contribution in [-0.4, -0.2) is 12.5 Å². The molecule has 0 saturated carbocycles. The van der Waals surface area contributed by atoms with Crippen molar-refractivity contribution in [3.8, 4) is 6.07 Å². The van der Waals surface area contributed by atoms with Crippen LogP contribution in [0.15, 0.2) is 54.2 Å². The number of nitrogens with one attached hydrogen (secondary N) is 1. The molecule has 0 radical (unpaired) electrons. The third-order valence-corrected chi connectivity index (χ3v) is 4.85. The van der Waals surface area contributed by atoms with Crippen molar-refractivity contribution in [1.82, 2.24) is 0 Å². The van der Waals surface area contributed by atoms with Gasteiger partial charge in [-0.25, -0.2) is 0 Å². The van der Waals surface area contributed by atoms with E-state index in [-0.39, 0.29) is 11.5 Å². The molecule has 4 nitrogen and oxygen atoms in total. The number of carbonyl (C=O) groups is 1. The summed E-state index contributed by atoms with van der Waals surface area (Å²) in [5.41, 5.74) is 2.52. The minimum Gasteiger partial charge on any atom is -0.359 e. The summed E-state index contributed by atoms with van der Waals surface area (Å²) in [7, 11) is 0. The molecule has 0 spiro atoms. The lowest BCUT2D eigenvalue weighted by atomic mass is 10.0. The topological polar surface area (TPSA) is 56.1 Å². The van der Waals surface area contributed by atoms with Crippen LogP contribution in [0.25, 0.3) is 0 Å². The van der Waals surface area contributed by atoms with Crippen LogP contribution in [0.2, 0.25) is 10.0 Å². The molecule has 0 aromatic heterocycles. The van der Waals surface area contributed by atoms with E-state index in [1.54, 1.807) is 23.1 Å². The Morgan fingerprint density at radius 2 is 2.00 bits per heavy atom. The predicted octanol–water partition coefficient (Wildman–Crippen LogP) is 4.79. The number of nitrogens with zero attached hydrogens (tertiary/aromatic N) is 2. The van der Waals surface area contributed by atoms with Crippen LogP contribution in [-0.2, 0) is 11.2 Å². The van der Waals surface area contributed by atoms with Crippen LogP contribution in [0, 0.1) is 11.3 Å². The van der Waals surface area contributed by atoms with Gasteiger partial charge in [0.05, 0.1) is 15.7 Å². The van der Waals surface area contributed by atoms with E-state index in [0.29, 0.717) is 22.3 Å². The molecule has 2 aromatic rings. The number of benzene rings is 2. The van der Waals surface area contributed by atoms with Crippen molar-refractivity contribution >= 4 is 40.5 Å². The average molecular weight is 372 g/mol. The van der Waals surface area contributed by atoms with Gasteiger partial charge >= 0.3 is 0 Å². The van der Waals surface area contributed by atoms with Crippen LogP contribution in [0.5, 0.6) is 0 Å². The average Bonchev–Trinajstić information content (AvgIpc) is 2.64. The van der Waals surface area contributed by atoms with E-state index in [9.17, 15) is 10.1 Å². The summed E-state index contributed by atoms with van der Waals surface area (Å²) in [6, 6.07) is 14.9. The van der Waals surface area contributed by atoms with Crippen LogP contribution in [0.4, 0.5) is 11.4 Å². The van der Waals surface area contributed by atoms with Crippen molar-refractivity contribution in [2.24, 2.45) is 0 Å². The highest BCUT2D eigenvalue weighted by Gasteiger charge is 2.24. The molecule has 0 saturated heterocycles. The smallest absolute Gasteiger partial charge is 0.270 e. The van der Waals surface area contributed by atoms with E-state index in [0.717, 1.165) is 24.1 Å². The number of anilines is 2. The Labute approximate surface area is 156 Å². The van der Waals surface area contributed by atoms with Gasteiger partial charge in [0, 0.05) is 18.4 Å². The van der Waals surface area contributed by atoms with Crippen molar-refractivity contribution in [3.05, 3.63) is 69.8 Å². The fraction of sp³-hybridized carbons (Fsp3) is 0.158. The maximum atomic E-state index is 12.8. The molecule has 126 valence electrons. The van der Waals surface area contributed by atoms with Gasteiger partial charge in [-0.2, -0.15) is 5.26 Å². The second kappa shape index (κ2) is 7.60. The molecule has 0 bridgehead atoms. The molecular formula is C19H15Cl2N3O. The maximum Gasteiger partial charge on any atom is 0.270 e. The van der Waals surface area contributed by atoms with Crippen molar-refractivity contribution in [2.45, 2.75) is 12.8 Å². The molecule has 1 amide bonds. The molecule has 1 N–H and O–H groups in total. The van der Waals surface area contributed by atoms with Crippen molar-refractivity contribution in [3.63, 3.8) is 0 Å². The first-order chi connectivity index (χ1) is 12.1. The summed E-state index contributed by atoms with van der Waals surface area (Å²) in [5.74, 6) is -0.333. The quantitative estimate of drug-likeness (QED) is 0.623. The highest BCUT2D eigenvalue weighted by molar-refractivity contribution is 6.43. The minimum atomic E-state index is -0.333. The Bertz CT molecular complexity index is 886. The lowest BCUT2D eigenvalue weighted by molar-refractivity contribution is -0.114. The second-order valence-electron chi connectivity index (χ2n) is 5.60. The van der Waals surface area contributed by atoms with Gasteiger partial charge in [0.1, 0.15) is 11.6 Å². The number of nitriles is 1. The molecule has 0 atom stereocenters. The summed E-state index contributed by atoms with van der Waals surface area (Å²) in [6.45, 7) is 0.590. The van der Waals surface area contributed by atoms with Gasteiger partial charge in [0.25, 0.3) is 5.91 Å². The Balaban J connectivity index is 1.85. The molecule has 0 fully saturated rings. The van der Waals surface area contributed by atoms with Crippen molar-refractivity contribution < 1.29 is 4.79 Å². The highest BCUT2D eigenvalue weighted by Crippen LogP contribution is 2.30. The SMILES string of the molecule is N#C/C(=C/Nc1cccc(Cl)c1Cl)C(=O)N1CCCc2ccccc21. The Kier molecular flexibility index (Phi) is 5.28. The number of hydrogen-bond acceptors (Lipinski definition) is 3. The third-order valence-electron chi connectivity index (χ3n) is 4.03. The van der Waals surface area contributed by atoms with E-state index < -0.39 is 0 Å². The van der Waals surface area contributed by atoms with Gasteiger partial charge < -0.3 is 10.2 Å². The van der Waals surface area contributed by atoms with Crippen molar-refractivity contribution in [1.29, 1.82) is 5.26 Å². The molecular weight excluding hydrogens is 357 g/mol. The number of hydrogen-bond donors (Lipinski definition) is 1. The summed E-state index contributed by atoms with van der Waals surface area (Å²) in [5, 5.41) is 13.1. The molecule has 6 heteroatoms. The third kappa shape index (κ3) is 3.63. The zero-order valence-electron chi connectivity index (χ0n) is 13.3. The van der Waals surface area contributed by atoms with Gasteiger partial charge in [-0.05, 0) is 36.6 Å². The highest BCUT2D eigenvalue weighted by atomic mass is 35.5. The molecule has 1 heterocycles. The summed E-state index contributed by atoms with van der Waals surface area (Å²) < 4.78 is 0. The van der Waals surface area contributed by atoms with Crippen LogP contribution < -0.4 is 10.2 Å². The molecule has 1 aliphatic heterocycles. The number of para-hydroxylation sites is 1. The van der Waals surface area contributed by atoms with E-state index >= 15 is 0 Å². The summed E-state index contributed by atoms with van der Waals surface area (Å²) in [4.78, 5) is 14.4. The summed E-state index contributed by atoms with van der Waals surface area (Å²) in [6.07, 6.45) is 3.17. The Morgan fingerprint density at radius 1 is 1.20 bits per heavy atom. The fourth-order valence-electron chi connectivity index (χ4n) is 2.80. The molecule has 0 aliphatic carbocycles. The first kappa shape index (κ1) is 17.3. The lowest BCUT2D eigenvalue weighted by Crippen LogP contribution is -2.36. The monoisotopic (exact) mass is 371 g/mol. The number of halogens is 2. The zero-order chi connectivity index (χ0) is 17.8. The fourth-order valence-corrected chi connectivity index (χ4v) is 3.15. The first-order valence-corrected chi connectivity index (χ1v) is 8.58. The number of aryl methyl sites for hydroxylation is 1. The van der Waals surface area contributed by atoms with Gasteiger partial charge in [-0.15, -0.1) is 0 Å². The predicted molar refractivity (Wildman–Crippen MR) is 101 cm³/mol. The summed E-state index contributed by atoms with van der Waals surface area (Å²) >= 11 is 12.1. The van der Waals surface area contributed by atoms with E-state index in [4.69, 9.17) is 23.2 Å². The van der Waals surface area contributed by atoms with E-state index in [2.05, 4.69) is 5.32 Å². The number of fused-ring (bicyclic) bond motifs is 1. The number of amides is 1. The zero-order valence-corrected chi connectivity index (χ0v) is 14.8. The first-order valence-electron chi connectivity index (χ1n) is 7.82.